The van der Waals surface area contributed by atoms with Crippen molar-refractivity contribution in [3.8, 4) is 0 Å². The van der Waals surface area contributed by atoms with Gasteiger partial charge in [0.05, 0.1) is 12.5 Å². The molecule has 0 saturated carbocycles. The van der Waals surface area contributed by atoms with E-state index in [0.717, 1.165) is 5.56 Å². The molecule has 0 radical (unpaired) electrons. The number of benzene rings is 1. The Balaban J connectivity index is 2.67. The summed E-state index contributed by atoms with van der Waals surface area (Å²) in [6.45, 7) is 1.76. The minimum Gasteiger partial charge on any atom is -0.481 e. The zero-order valence-electron chi connectivity index (χ0n) is 11.4. The highest BCUT2D eigenvalue weighted by molar-refractivity contribution is 5.92. The van der Waals surface area contributed by atoms with Gasteiger partial charge in [0.2, 0.25) is 5.91 Å². The lowest BCUT2D eigenvalue weighted by Gasteiger charge is -2.21. The van der Waals surface area contributed by atoms with Crippen molar-refractivity contribution in [2.45, 2.75) is 19.4 Å². The molecule has 0 aliphatic heterocycles. The first-order chi connectivity index (χ1) is 9.49. The molecule has 0 heterocycles. The molecule has 5 heteroatoms. The van der Waals surface area contributed by atoms with Gasteiger partial charge in [0.1, 0.15) is 0 Å². The van der Waals surface area contributed by atoms with Crippen LogP contribution in [0.4, 0.5) is 0 Å². The summed E-state index contributed by atoms with van der Waals surface area (Å²) in [5.74, 6) is -1.28. The van der Waals surface area contributed by atoms with Crippen molar-refractivity contribution in [2.75, 3.05) is 13.1 Å². The molecule has 1 atom stereocenters. The standard InChI is InChI=1S/C15H19NO4/c1-12(17)11-16(10-9-15(19)20)14(18)8-7-13-5-3-2-4-6-13/h2-8,12,17H,9-11H2,1H3,(H,19,20)/b8-7+. The molecule has 0 bridgehead atoms. The van der Waals surface area contributed by atoms with E-state index >= 15 is 0 Å². The van der Waals surface area contributed by atoms with Gasteiger partial charge in [0.25, 0.3) is 0 Å². The molecule has 1 rings (SSSR count). The highest BCUT2D eigenvalue weighted by Crippen LogP contribution is 2.03. The second kappa shape index (κ2) is 8.12. The largest absolute Gasteiger partial charge is 0.481 e. The number of carbonyl (C=O) groups excluding carboxylic acids is 1. The van der Waals surface area contributed by atoms with E-state index in [9.17, 15) is 14.7 Å². The van der Waals surface area contributed by atoms with Crippen LogP contribution in [0.5, 0.6) is 0 Å². The van der Waals surface area contributed by atoms with Crippen LogP contribution in [0.15, 0.2) is 36.4 Å². The number of aliphatic carboxylic acids is 1. The average molecular weight is 277 g/mol. The topological polar surface area (TPSA) is 77.8 Å². The van der Waals surface area contributed by atoms with Gasteiger partial charge in [-0.25, -0.2) is 0 Å². The minimum atomic E-state index is -0.972. The molecular weight excluding hydrogens is 258 g/mol. The van der Waals surface area contributed by atoms with Crippen molar-refractivity contribution in [3.63, 3.8) is 0 Å². The number of carboxylic acid groups (broad SMARTS) is 1. The summed E-state index contributed by atoms with van der Waals surface area (Å²) < 4.78 is 0. The van der Waals surface area contributed by atoms with Crippen LogP contribution >= 0.6 is 0 Å². The highest BCUT2D eigenvalue weighted by Gasteiger charge is 2.14. The van der Waals surface area contributed by atoms with Crippen LogP contribution in [0.3, 0.4) is 0 Å². The Labute approximate surface area is 118 Å². The van der Waals surface area contributed by atoms with E-state index in [2.05, 4.69) is 0 Å². The number of hydrogen-bond acceptors (Lipinski definition) is 3. The van der Waals surface area contributed by atoms with Crippen LogP contribution in [0.25, 0.3) is 6.08 Å². The van der Waals surface area contributed by atoms with Crippen molar-refractivity contribution < 1.29 is 19.8 Å². The Morgan fingerprint density at radius 2 is 1.95 bits per heavy atom. The smallest absolute Gasteiger partial charge is 0.305 e. The van der Waals surface area contributed by atoms with Gasteiger partial charge in [-0.05, 0) is 18.6 Å². The third-order valence-corrected chi connectivity index (χ3v) is 2.61. The first-order valence-corrected chi connectivity index (χ1v) is 6.41. The molecule has 0 aliphatic carbocycles. The monoisotopic (exact) mass is 277 g/mol. The SMILES string of the molecule is CC(O)CN(CCC(=O)O)C(=O)/C=C/c1ccccc1. The van der Waals surface area contributed by atoms with Crippen LogP contribution in [0.1, 0.15) is 18.9 Å². The van der Waals surface area contributed by atoms with E-state index in [1.54, 1.807) is 13.0 Å². The zero-order valence-corrected chi connectivity index (χ0v) is 11.4. The lowest BCUT2D eigenvalue weighted by molar-refractivity contribution is -0.138. The van der Waals surface area contributed by atoms with Crippen LogP contribution in [-0.4, -0.2) is 46.2 Å². The number of carboxylic acids is 1. The second-order valence-corrected chi connectivity index (χ2v) is 4.52. The summed E-state index contributed by atoms with van der Waals surface area (Å²) in [5.41, 5.74) is 0.885. The minimum absolute atomic E-state index is 0.0815. The zero-order chi connectivity index (χ0) is 15.0. The van der Waals surface area contributed by atoms with Gasteiger partial charge >= 0.3 is 5.97 Å². The van der Waals surface area contributed by atoms with Crippen molar-refractivity contribution in [1.82, 2.24) is 4.90 Å². The summed E-state index contributed by atoms with van der Waals surface area (Å²) in [4.78, 5) is 23.9. The summed E-state index contributed by atoms with van der Waals surface area (Å²) in [6, 6.07) is 9.33. The molecule has 108 valence electrons. The molecule has 1 aromatic rings. The van der Waals surface area contributed by atoms with Crippen molar-refractivity contribution >= 4 is 18.0 Å². The number of aliphatic hydroxyl groups is 1. The molecule has 0 fully saturated rings. The number of amides is 1. The van der Waals surface area contributed by atoms with Crippen molar-refractivity contribution in [1.29, 1.82) is 0 Å². The van der Waals surface area contributed by atoms with E-state index in [4.69, 9.17) is 5.11 Å². The second-order valence-electron chi connectivity index (χ2n) is 4.52. The fourth-order valence-electron chi connectivity index (χ4n) is 1.68. The molecule has 2 N–H and O–H groups in total. The van der Waals surface area contributed by atoms with Gasteiger partial charge in [-0.2, -0.15) is 0 Å². The number of rotatable bonds is 7. The third-order valence-electron chi connectivity index (χ3n) is 2.61. The molecule has 0 aromatic heterocycles. The molecule has 1 aromatic carbocycles. The average Bonchev–Trinajstić information content (AvgIpc) is 2.41. The van der Waals surface area contributed by atoms with Gasteiger partial charge in [-0.3, -0.25) is 9.59 Å². The normalized spacial score (nSPS) is 12.3. The van der Waals surface area contributed by atoms with E-state index in [1.165, 1.54) is 11.0 Å². The summed E-state index contributed by atoms with van der Waals surface area (Å²) >= 11 is 0. The number of hydrogen-bond donors (Lipinski definition) is 2. The fourth-order valence-corrected chi connectivity index (χ4v) is 1.68. The van der Waals surface area contributed by atoms with Gasteiger partial charge in [-0.1, -0.05) is 30.3 Å². The fraction of sp³-hybridized carbons (Fsp3) is 0.333. The molecular formula is C15H19NO4. The number of aliphatic hydroxyl groups excluding tert-OH is 1. The molecule has 1 amide bonds. The maximum atomic E-state index is 12.0. The Kier molecular flexibility index (Phi) is 6.46. The molecule has 0 saturated heterocycles. The summed E-state index contributed by atoms with van der Waals surface area (Å²) in [5, 5.41) is 18.0. The van der Waals surface area contributed by atoms with Crippen molar-refractivity contribution in [3.05, 3.63) is 42.0 Å². The van der Waals surface area contributed by atoms with Crippen LogP contribution < -0.4 is 0 Å². The van der Waals surface area contributed by atoms with Gasteiger partial charge in [-0.15, -0.1) is 0 Å². The van der Waals surface area contributed by atoms with Crippen LogP contribution in [0.2, 0.25) is 0 Å². The molecule has 0 spiro atoms. The first-order valence-electron chi connectivity index (χ1n) is 6.41. The third kappa shape index (κ3) is 6.15. The molecule has 20 heavy (non-hydrogen) atoms. The number of nitrogens with zero attached hydrogens (tertiary/aromatic N) is 1. The summed E-state index contributed by atoms with van der Waals surface area (Å²) in [6.07, 6.45) is 2.22. The van der Waals surface area contributed by atoms with E-state index < -0.39 is 12.1 Å². The van der Waals surface area contributed by atoms with Gasteiger partial charge in [0.15, 0.2) is 0 Å². The maximum absolute atomic E-state index is 12.0. The predicted octanol–water partition coefficient (Wildman–Crippen LogP) is 1.38. The highest BCUT2D eigenvalue weighted by atomic mass is 16.4. The Morgan fingerprint density at radius 3 is 2.50 bits per heavy atom. The Bertz CT molecular complexity index is 468. The quantitative estimate of drug-likeness (QED) is 0.738. The first kappa shape index (κ1) is 15.9. The van der Waals surface area contributed by atoms with Crippen molar-refractivity contribution in [2.24, 2.45) is 0 Å². The molecule has 5 nitrogen and oxygen atoms in total. The van der Waals surface area contributed by atoms with E-state index in [0.29, 0.717) is 0 Å². The van der Waals surface area contributed by atoms with Crippen LogP contribution in [0, 0.1) is 0 Å². The van der Waals surface area contributed by atoms with E-state index in [-0.39, 0.29) is 25.4 Å². The Morgan fingerprint density at radius 1 is 1.30 bits per heavy atom. The Hall–Kier alpha value is -2.14. The predicted molar refractivity (Wildman–Crippen MR) is 76.0 cm³/mol. The lowest BCUT2D eigenvalue weighted by Crippen LogP contribution is -2.37. The van der Waals surface area contributed by atoms with Gasteiger partial charge in [0, 0.05) is 19.2 Å². The maximum Gasteiger partial charge on any atom is 0.305 e. The van der Waals surface area contributed by atoms with E-state index in [1.807, 2.05) is 30.3 Å². The van der Waals surface area contributed by atoms with Gasteiger partial charge < -0.3 is 15.1 Å². The number of carbonyl (C=O) groups is 2. The lowest BCUT2D eigenvalue weighted by atomic mass is 10.2. The van der Waals surface area contributed by atoms with Crippen LogP contribution in [-0.2, 0) is 9.59 Å². The molecule has 1 unspecified atom stereocenters. The summed E-state index contributed by atoms with van der Waals surface area (Å²) in [7, 11) is 0. The molecule has 0 aliphatic rings.